The lowest BCUT2D eigenvalue weighted by atomic mass is 10.2. The first kappa shape index (κ1) is 8.84. The summed E-state index contributed by atoms with van der Waals surface area (Å²) in [6.07, 6.45) is 0. The van der Waals surface area contributed by atoms with Gasteiger partial charge in [-0.2, -0.15) is 0 Å². The topological polar surface area (TPSA) is 38.0 Å². The van der Waals surface area contributed by atoms with Crippen LogP contribution in [0, 0.1) is 6.92 Å². The molecule has 0 spiro atoms. The first-order valence-electron chi connectivity index (χ1n) is 3.07. The van der Waals surface area contributed by atoms with Crippen molar-refractivity contribution in [2.75, 3.05) is 5.43 Å². The molecule has 1 aromatic rings. The summed E-state index contributed by atoms with van der Waals surface area (Å²) >= 11 is 9.12. The molecule has 3 N–H and O–H groups in total. The van der Waals surface area contributed by atoms with E-state index < -0.39 is 0 Å². The second kappa shape index (κ2) is 3.43. The Bertz CT molecular complexity index is 275. The molecular formula is C7H8BrClN2. The van der Waals surface area contributed by atoms with Crippen LogP contribution in [0.15, 0.2) is 16.6 Å². The highest BCUT2D eigenvalue weighted by molar-refractivity contribution is 9.10. The Morgan fingerprint density at radius 3 is 2.73 bits per heavy atom. The van der Waals surface area contributed by atoms with Crippen molar-refractivity contribution in [2.24, 2.45) is 5.84 Å². The van der Waals surface area contributed by atoms with Crippen molar-refractivity contribution in [2.45, 2.75) is 6.92 Å². The number of rotatable bonds is 1. The molecule has 0 heterocycles. The van der Waals surface area contributed by atoms with Gasteiger partial charge in [-0.3, -0.25) is 5.84 Å². The van der Waals surface area contributed by atoms with Gasteiger partial charge in [0.25, 0.3) is 0 Å². The van der Waals surface area contributed by atoms with Gasteiger partial charge in [0.2, 0.25) is 0 Å². The first-order chi connectivity index (χ1) is 5.15. The predicted molar refractivity (Wildman–Crippen MR) is 51.7 cm³/mol. The van der Waals surface area contributed by atoms with Gasteiger partial charge < -0.3 is 5.43 Å². The lowest BCUT2D eigenvalue weighted by molar-refractivity contribution is 1.30. The predicted octanol–water partition coefficient (Wildman–Crippen LogP) is 2.70. The molecule has 11 heavy (non-hydrogen) atoms. The molecule has 0 aliphatic carbocycles. The lowest BCUT2D eigenvalue weighted by Crippen LogP contribution is -2.07. The van der Waals surface area contributed by atoms with E-state index in [4.69, 9.17) is 17.4 Å². The maximum atomic E-state index is 5.83. The zero-order valence-corrected chi connectivity index (χ0v) is 8.33. The summed E-state index contributed by atoms with van der Waals surface area (Å²) in [6.45, 7) is 1.94. The number of halogens is 2. The van der Waals surface area contributed by atoms with Crippen molar-refractivity contribution in [1.82, 2.24) is 0 Å². The molecule has 0 aromatic heterocycles. The third kappa shape index (κ3) is 1.86. The average Bonchev–Trinajstić information content (AvgIpc) is 1.97. The molecule has 0 radical (unpaired) electrons. The number of hydrogen-bond acceptors (Lipinski definition) is 2. The molecule has 1 aromatic carbocycles. The molecule has 1 rings (SSSR count). The molecule has 0 aliphatic heterocycles. The van der Waals surface area contributed by atoms with Crippen molar-refractivity contribution in [3.63, 3.8) is 0 Å². The Morgan fingerprint density at radius 2 is 2.18 bits per heavy atom. The number of nitrogens with one attached hydrogen (secondary N) is 1. The van der Waals surface area contributed by atoms with Crippen molar-refractivity contribution in [3.05, 3.63) is 27.2 Å². The van der Waals surface area contributed by atoms with E-state index in [2.05, 4.69) is 21.4 Å². The Hall–Kier alpha value is -0.250. The maximum absolute atomic E-state index is 5.83. The van der Waals surface area contributed by atoms with Crippen LogP contribution in [0.2, 0.25) is 5.02 Å². The Morgan fingerprint density at radius 1 is 1.55 bits per heavy atom. The summed E-state index contributed by atoms with van der Waals surface area (Å²) < 4.78 is 0.845. The molecule has 0 saturated heterocycles. The van der Waals surface area contributed by atoms with Crippen LogP contribution in [-0.2, 0) is 0 Å². The maximum Gasteiger partial charge on any atom is 0.0552 e. The highest BCUT2D eigenvalue weighted by atomic mass is 79.9. The van der Waals surface area contributed by atoms with Crippen molar-refractivity contribution in [1.29, 1.82) is 0 Å². The molecule has 0 unspecified atom stereocenters. The molecule has 0 saturated carbocycles. The van der Waals surface area contributed by atoms with E-state index in [-0.39, 0.29) is 0 Å². The minimum atomic E-state index is 0.696. The third-order valence-electron chi connectivity index (χ3n) is 1.42. The van der Waals surface area contributed by atoms with Crippen molar-refractivity contribution >= 4 is 33.2 Å². The Labute approximate surface area is 78.8 Å². The van der Waals surface area contributed by atoms with Crippen LogP contribution in [0.25, 0.3) is 0 Å². The third-order valence-corrected chi connectivity index (χ3v) is 2.62. The minimum absolute atomic E-state index is 0.696. The summed E-state index contributed by atoms with van der Waals surface area (Å²) in [5.41, 5.74) is 4.48. The first-order valence-corrected chi connectivity index (χ1v) is 4.24. The molecule has 4 heteroatoms. The summed E-state index contributed by atoms with van der Waals surface area (Å²) in [5, 5.41) is 0.696. The van der Waals surface area contributed by atoms with Gasteiger partial charge in [0, 0.05) is 4.47 Å². The van der Waals surface area contributed by atoms with E-state index in [1.54, 1.807) is 0 Å². The molecule has 0 bridgehead atoms. The normalized spacial score (nSPS) is 9.82. The largest absolute Gasteiger partial charge is 0.324 e. The lowest BCUT2D eigenvalue weighted by Gasteiger charge is -2.05. The molecule has 0 atom stereocenters. The molecule has 0 aliphatic rings. The second-order valence-electron chi connectivity index (χ2n) is 2.23. The van der Waals surface area contributed by atoms with E-state index in [9.17, 15) is 0 Å². The number of nitrogen functional groups attached to an aromatic ring is 1. The zero-order chi connectivity index (χ0) is 8.43. The standard InChI is InChI=1S/C7H8BrClN2/c1-4-2-6(9)5(8)3-7(4)11-10/h2-3,11H,10H2,1H3. The van der Waals surface area contributed by atoms with Gasteiger partial charge in [0.1, 0.15) is 0 Å². The summed E-state index contributed by atoms with van der Waals surface area (Å²) in [5.74, 6) is 5.26. The van der Waals surface area contributed by atoms with Crippen LogP contribution >= 0.6 is 27.5 Å². The average molecular weight is 236 g/mol. The zero-order valence-electron chi connectivity index (χ0n) is 5.99. The monoisotopic (exact) mass is 234 g/mol. The van der Waals surface area contributed by atoms with E-state index >= 15 is 0 Å². The van der Waals surface area contributed by atoms with E-state index in [0.29, 0.717) is 5.02 Å². The van der Waals surface area contributed by atoms with Gasteiger partial charge in [0.05, 0.1) is 10.7 Å². The van der Waals surface area contributed by atoms with Gasteiger partial charge in [-0.1, -0.05) is 11.6 Å². The van der Waals surface area contributed by atoms with Crippen LogP contribution in [-0.4, -0.2) is 0 Å². The van der Waals surface area contributed by atoms with Crippen LogP contribution in [0.4, 0.5) is 5.69 Å². The minimum Gasteiger partial charge on any atom is -0.324 e. The highest BCUT2D eigenvalue weighted by Crippen LogP contribution is 2.28. The highest BCUT2D eigenvalue weighted by Gasteiger charge is 2.01. The van der Waals surface area contributed by atoms with Gasteiger partial charge in [-0.15, -0.1) is 0 Å². The quantitative estimate of drug-likeness (QED) is 0.580. The van der Waals surface area contributed by atoms with Gasteiger partial charge in [-0.25, -0.2) is 0 Å². The number of anilines is 1. The fraction of sp³-hybridized carbons (Fsp3) is 0.143. The van der Waals surface area contributed by atoms with E-state index in [1.165, 1.54) is 0 Å². The SMILES string of the molecule is Cc1cc(Cl)c(Br)cc1NN. The van der Waals surface area contributed by atoms with Gasteiger partial charge >= 0.3 is 0 Å². The van der Waals surface area contributed by atoms with Crippen molar-refractivity contribution < 1.29 is 0 Å². The van der Waals surface area contributed by atoms with Crippen molar-refractivity contribution in [3.8, 4) is 0 Å². The number of nitrogens with two attached hydrogens (primary N) is 1. The fourth-order valence-electron chi connectivity index (χ4n) is 0.802. The Balaban J connectivity index is 3.21. The van der Waals surface area contributed by atoms with E-state index in [1.807, 2.05) is 19.1 Å². The molecule has 0 fully saturated rings. The Kier molecular flexibility index (Phi) is 2.76. The van der Waals surface area contributed by atoms with E-state index in [0.717, 1.165) is 15.7 Å². The number of hydrogen-bond donors (Lipinski definition) is 2. The summed E-state index contributed by atoms with van der Waals surface area (Å²) in [4.78, 5) is 0. The van der Waals surface area contributed by atoms with Crippen LogP contribution < -0.4 is 11.3 Å². The summed E-state index contributed by atoms with van der Waals surface area (Å²) in [7, 11) is 0. The smallest absolute Gasteiger partial charge is 0.0552 e. The summed E-state index contributed by atoms with van der Waals surface area (Å²) in [6, 6.07) is 3.69. The van der Waals surface area contributed by atoms with Crippen LogP contribution in [0.1, 0.15) is 5.56 Å². The second-order valence-corrected chi connectivity index (χ2v) is 3.49. The van der Waals surface area contributed by atoms with Crippen LogP contribution in [0.5, 0.6) is 0 Å². The van der Waals surface area contributed by atoms with Crippen LogP contribution in [0.3, 0.4) is 0 Å². The van der Waals surface area contributed by atoms with Gasteiger partial charge in [-0.05, 0) is 40.5 Å². The molecule has 0 amide bonds. The molecular weight excluding hydrogens is 227 g/mol. The number of aryl methyl sites for hydroxylation is 1. The number of benzene rings is 1. The fourth-order valence-corrected chi connectivity index (χ4v) is 1.36. The number of hydrazine groups is 1. The molecule has 60 valence electrons. The van der Waals surface area contributed by atoms with Gasteiger partial charge in [0.15, 0.2) is 0 Å². The molecule has 2 nitrogen and oxygen atoms in total.